The number of oxazole rings is 1. The summed E-state index contributed by atoms with van der Waals surface area (Å²) in [7, 11) is 0. The molecule has 0 spiro atoms. The van der Waals surface area contributed by atoms with E-state index < -0.39 is 5.91 Å². The summed E-state index contributed by atoms with van der Waals surface area (Å²) in [6.07, 6.45) is 1.17. The Hall–Kier alpha value is -2.17. The summed E-state index contributed by atoms with van der Waals surface area (Å²) in [6.45, 7) is 0. The predicted molar refractivity (Wildman–Crippen MR) is 50.4 cm³/mol. The maximum absolute atomic E-state index is 12.6. The second-order valence-corrected chi connectivity index (χ2v) is 2.91. The Bertz CT molecular complexity index is 490. The van der Waals surface area contributed by atoms with Gasteiger partial charge in [-0.05, 0) is 24.3 Å². The van der Waals surface area contributed by atoms with E-state index in [4.69, 9.17) is 10.2 Å². The molecule has 2 aromatic rings. The van der Waals surface area contributed by atoms with E-state index in [1.165, 1.54) is 30.5 Å². The van der Waals surface area contributed by atoms with Crippen LogP contribution in [-0.4, -0.2) is 10.9 Å². The van der Waals surface area contributed by atoms with E-state index in [2.05, 4.69) is 4.98 Å². The molecule has 0 atom stereocenters. The van der Waals surface area contributed by atoms with Crippen LogP contribution >= 0.6 is 0 Å². The second kappa shape index (κ2) is 3.53. The van der Waals surface area contributed by atoms with Crippen LogP contribution in [0.3, 0.4) is 0 Å². The molecule has 0 radical (unpaired) electrons. The fourth-order valence-corrected chi connectivity index (χ4v) is 1.11. The number of aromatic nitrogens is 1. The molecule has 0 saturated carbocycles. The number of halogens is 1. The third kappa shape index (κ3) is 1.85. The molecule has 2 rings (SSSR count). The van der Waals surface area contributed by atoms with Gasteiger partial charge in [-0.1, -0.05) is 0 Å². The van der Waals surface area contributed by atoms with Gasteiger partial charge in [0, 0.05) is 5.56 Å². The Morgan fingerprint density at radius 2 is 2.00 bits per heavy atom. The van der Waals surface area contributed by atoms with Crippen LogP contribution in [0.1, 0.15) is 10.5 Å². The highest BCUT2D eigenvalue weighted by molar-refractivity contribution is 5.90. The summed E-state index contributed by atoms with van der Waals surface area (Å²) in [5.74, 6) is -0.767. The molecule has 76 valence electrons. The van der Waals surface area contributed by atoms with Crippen LogP contribution in [0.15, 0.2) is 34.9 Å². The van der Waals surface area contributed by atoms with Gasteiger partial charge in [0.2, 0.25) is 5.89 Å². The monoisotopic (exact) mass is 206 g/mol. The van der Waals surface area contributed by atoms with E-state index in [1.54, 1.807) is 0 Å². The van der Waals surface area contributed by atoms with Crippen molar-refractivity contribution in [2.24, 2.45) is 5.73 Å². The minimum atomic E-state index is -0.660. The van der Waals surface area contributed by atoms with Crippen molar-refractivity contribution in [3.8, 4) is 11.5 Å². The van der Waals surface area contributed by atoms with Gasteiger partial charge in [0.1, 0.15) is 12.1 Å². The molecular weight excluding hydrogens is 199 g/mol. The fraction of sp³-hybridized carbons (Fsp3) is 0. The van der Waals surface area contributed by atoms with Gasteiger partial charge in [-0.25, -0.2) is 9.37 Å². The third-order valence-corrected chi connectivity index (χ3v) is 1.85. The van der Waals surface area contributed by atoms with Crippen molar-refractivity contribution < 1.29 is 13.6 Å². The summed E-state index contributed by atoms with van der Waals surface area (Å²) in [4.78, 5) is 14.6. The highest BCUT2D eigenvalue weighted by atomic mass is 19.1. The molecule has 0 saturated heterocycles. The molecule has 0 fully saturated rings. The van der Waals surface area contributed by atoms with E-state index in [-0.39, 0.29) is 17.4 Å². The maximum Gasteiger partial charge on any atom is 0.270 e. The van der Waals surface area contributed by atoms with Crippen molar-refractivity contribution >= 4 is 5.91 Å². The molecule has 1 aromatic heterocycles. The lowest BCUT2D eigenvalue weighted by Crippen LogP contribution is -2.10. The average Bonchev–Trinajstić information content (AvgIpc) is 2.68. The molecule has 0 unspecified atom stereocenters. The standard InChI is InChI=1S/C10H7FN2O2/c11-7-3-1-6(2-4-7)10-13-8(5-15-10)9(12)14/h1-5H,(H2,12,14). The van der Waals surface area contributed by atoms with Gasteiger partial charge in [-0.15, -0.1) is 0 Å². The summed E-state index contributed by atoms with van der Waals surface area (Å²) >= 11 is 0. The smallest absolute Gasteiger partial charge is 0.270 e. The van der Waals surface area contributed by atoms with Gasteiger partial charge in [-0.3, -0.25) is 4.79 Å². The van der Waals surface area contributed by atoms with Crippen LogP contribution in [-0.2, 0) is 0 Å². The molecule has 0 aliphatic carbocycles. The van der Waals surface area contributed by atoms with Crippen molar-refractivity contribution in [3.05, 3.63) is 42.0 Å². The number of nitrogens with two attached hydrogens (primary N) is 1. The fourth-order valence-electron chi connectivity index (χ4n) is 1.11. The average molecular weight is 206 g/mol. The molecule has 0 aliphatic heterocycles. The van der Waals surface area contributed by atoms with Gasteiger partial charge in [0.25, 0.3) is 5.91 Å². The molecule has 1 heterocycles. The first kappa shape index (κ1) is 9.39. The molecular formula is C10H7FN2O2. The number of rotatable bonds is 2. The van der Waals surface area contributed by atoms with Crippen LogP contribution in [0.4, 0.5) is 4.39 Å². The Labute approximate surface area is 84.5 Å². The summed E-state index contributed by atoms with van der Waals surface area (Å²) in [5, 5.41) is 0. The minimum absolute atomic E-state index is 0.0503. The van der Waals surface area contributed by atoms with E-state index in [0.29, 0.717) is 5.56 Å². The molecule has 4 nitrogen and oxygen atoms in total. The number of primary amides is 1. The number of benzene rings is 1. The maximum atomic E-state index is 12.6. The highest BCUT2D eigenvalue weighted by Gasteiger charge is 2.09. The van der Waals surface area contributed by atoms with Crippen molar-refractivity contribution in [1.29, 1.82) is 0 Å². The summed E-state index contributed by atoms with van der Waals surface area (Å²) < 4.78 is 17.6. The number of hydrogen-bond acceptors (Lipinski definition) is 3. The zero-order chi connectivity index (χ0) is 10.8. The molecule has 15 heavy (non-hydrogen) atoms. The minimum Gasteiger partial charge on any atom is -0.444 e. The Kier molecular flexibility index (Phi) is 2.21. The van der Waals surface area contributed by atoms with Crippen LogP contribution < -0.4 is 5.73 Å². The van der Waals surface area contributed by atoms with Crippen LogP contribution in [0.25, 0.3) is 11.5 Å². The largest absolute Gasteiger partial charge is 0.444 e. The van der Waals surface area contributed by atoms with Gasteiger partial charge in [0.05, 0.1) is 0 Å². The van der Waals surface area contributed by atoms with E-state index in [0.717, 1.165) is 0 Å². The topological polar surface area (TPSA) is 69.1 Å². The molecule has 0 aliphatic rings. The second-order valence-electron chi connectivity index (χ2n) is 2.91. The normalized spacial score (nSPS) is 10.2. The van der Waals surface area contributed by atoms with Crippen LogP contribution in [0.2, 0.25) is 0 Å². The van der Waals surface area contributed by atoms with E-state index in [9.17, 15) is 9.18 Å². The number of nitrogens with zero attached hydrogens (tertiary/aromatic N) is 1. The van der Waals surface area contributed by atoms with Gasteiger partial charge in [-0.2, -0.15) is 0 Å². The van der Waals surface area contributed by atoms with Crippen molar-refractivity contribution in [2.75, 3.05) is 0 Å². The van der Waals surface area contributed by atoms with Crippen LogP contribution in [0.5, 0.6) is 0 Å². The Morgan fingerprint density at radius 1 is 1.33 bits per heavy atom. The highest BCUT2D eigenvalue weighted by Crippen LogP contribution is 2.18. The van der Waals surface area contributed by atoms with Gasteiger partial charge >= 0.3 is 0 Å². The molecule has 2 N–H and O–H groups in total. The third-order valence-electron chi connectivity index (χ3n) is 1.85. The zero-order valence-electron chi connectivity index (χ0n) is 7.61. The lowest BCUT2D eigenvalue weighted by molar-refractivity contribution is 0.0995. The number of carbonyl (C=O) groups is 1. The lowest BCUT2D eigenvalue weighted by atomic mass is 10.2. The van der Waals surface area contributed by atoms with E-state index in [1.807, 2.05) is 0 Å². The van der Waals surface area contributed by atoms with Gasteiger partial charge in [0.15, 0.2) is 5.69 Å². The quantitative estimate of drug-likeness (QED) is 0.810. The lowest BCUT2D eigenvalue weighted by Gasteiger charge is -1.93. The van der Waals surface area contributed by atoms with Crippen molar-refractivity contribution in [3.63, 3.8) is 0 Å². The molecule has 1 aromatic carbocycles. The number of carbonyl (C=O) groups excluding carboxylic acids is 1. The summed E-state index contributed by atoms with van der Waals surface area (Å²) in [6, 6.07) is 5.57. The first-order chi connectivity index (χ1) is 7.16. The number of amides is 1. The zero-order valence-corrected chi connectivity index (χ0v) is 7.61. The number of hydrogen-bond donors (Lipinski definition) is 1. The van der Waals surface area contributed by atoms with E-state index >= 15 is 0 Å². The van der Waals surface area contributed by atoms with Crippen LogP contribution in [0, 0.1) is 5.82 Å². The first-order valence-electron chi connectivity index (χ1n) is 4.18. The molecule has 1 amide bonds. The van der Waals surface area contributed by atoms with Crippen molar-refractivity contribution in [1.82, 2.24) is 4.98 Å². The SMILES string of the molecule is NC(=O)c1coc(-c2ccc(F)cc2)n1. The predicted octanol–water partition coefficient (Wildman–Crippen LogP) is 1.58. The van der Waals surface area contributed by atoms with Gasteiger partial charge < -0.3 is 10.2 Å². The Morgan fingerprint density at radius 3 is 2.53 bits per heavy atom. The Balaban J connectivity index is 2.37. The molecule has 0 bridgehead atoms. The molecule has 5 heteroatoms. The summed E-state index contributed by atoms with van der Waals surface area (Å²) in [5.41, 5.74) is 5.65. The van der Waals surface area contributed by atoms with Crippen molar-refractivity contribution in [2.45, 2.75) is 0 Å². The first-order valence-corrected chi connectivity index (χ1v) is 4.18.